The van der Waals surface area contributed by atoms with E-state index in [4.69, 9.17) is 29.0 Å². The maximum absolute atomic E-state index is 6.02. The first kappa shape index (κ1) is 13.9. The molecule has 2 rings (SSSR count). The maximum atomic E-state index is 6.02. The Morgan fingerprint density at radius 2 is 2.00 bits per heavy atom. The van der Waals surface area contributed by atoms with Gasteiger partial charge in [-0.05, 0) is 29.7 Å². The summed E-state index contributed by atoms with van der Waals surface area (Å²) in [6.45, 7) is 0. The number of rotatable bonds is 3. The van der Waals surface area contributed by atoms with Crippen LogP contribution in [-0.4, -0.2) is 5.17 Å². The molecule has 0 spiro atoms. The van der Waals surface area contributed by atoms with Crippen LogP contribution < -0.4 is 5.84 Å². The fraction of sp³-hybridized carbons (Fsp3) is 0.133. The number of hydrazone groups is 1. The van der Waals surface area contributed by atoms with Crippen molar-refractivity contribution in [1.82, 2.24) is 0 Å². The number of nitrogens with zero attached hydrogens (tertiary/aromatic N) is 1. The minimum atomic E-state index is -0.0519. The SMILES string of the molecule is NN=C(Cl)C1C=CC=CC1=CCc1ccc(Cl)cc1. The Hall–Kier alpha value is -1.51. The highest BCUT2D eigenvalue weighted by Gasteiger charge is 2.16. The third-order valence-corrected chi connectivity index (χ3v) is 3.51. The van der Waals surface area contributed by atoms with E-state index in [0.717, 1.165) is 17.0 Å². The highest BCUT2D eigenvalue weighted by molar-refractivity contribution is 6.66. The van der Waals surface area contributed by atoms with Crippen molar-refractivity contribution < 1.29 is 0 Å². The molecule has 98 valence electrons. The Labute approximate surface area is 122 Å². The first-order valence-electron chi connectivity index (χ1n) is 5.93. The molecule has 0 heterocycles. The van der Waals surface area contributed by atoms with E-state index in [1.807, 2.05) is 48.6 Å². The smallest absolute Gasteiger partial charge is 0.137 e. The Morgan fingerprint density at radius 1 is 1.26 bits per heavy atom. The minimum absolute atomic E-state index is 0.0519. The molecule has 0 saturated carbocycles. The lowest BCUT2D eigenvalue weighted by molar-refractivity contribution is 1.03. The second-order valence-corrected chi connectivity index (χ2v) is 5.03. The summed E-state index contributed by atoms with van der Waals surface area (Å²) in [4.78, 5) is 0. The average molecular weight is 293 g/mol. The van der Waals surface area contributed by atoms with Gasteiger partial charge in [-0.2, -0.15) is 5.10 Å². The topological polar surface area (TPSA) is 38.4 Å². The average Bonchev–Trinajstić information content (AvgIpc) is 2.46. The van der Waals surface area contributed by atoms with Gasteiger partial charge in [0, 0.05) is 5.02 Å². The second-order valence-electron chi connectivity index (χ2n) is 4.21. The van der Waals surface area contributed by atoms with E-state index >= 15 is 0 Å². The molecule has 4 heteroatoms. The van der Waals surface area contributed by atoms with Crippen molar-refractivity contribution in [3.8, 4) is 0 Å². The summed E-state index contributed by atoms with van der Waals surface area (Å²) < 4.78 is 0. The van der Waals surface area contributed by atoms with Crippen LogP contribution in [0.25, 0.3) is 0 Å². The van der Waals surface area contributed by atoms with Crippen LogP contribution in [0.2, 0.25) is 5.02 Å². The van der Waals surface area contributed by atoms with E-state index in [2.05, 4.69) is 11.2 Å². The van der Waals surface area contributed by atoms with Gasteiger partial charge in [0.25, 0.3) is 0 Å². The van der Waals surface area contributed by atoms with Crippen LogP contribution >= 0.6 is 23.2 Å². The summed E-state index contributed by atoms with van der Waals surface area (Å²) in [6, 6.07) is 7.79. The Morgan fingerprint density at radius 3 is 2.68 bits per heavy atom. The van der Waals surface area contributed by atoms with Crippen LogP contribution in [0.15, 0.2) is 65.3 Å². The van der Waals surface area contributed by atoms with Gasteiger partial charge in [-0.1, -0.05) is 65.7 Å². The van der Waals surface area contributed by atoms with Gasteiger partial charge in [-0.25, -0.2) is 0 Å². The van der Waals surface area contributed by atoms with Crippen molar-refractivity contribution in [2.45, 2.75) is 6.42 Å². The fourth-order valence-corrected chi connectivity index (χ4v) is 2.23. The quantitative estimate of drug-likeness (QED) is 0.509. The third kappa shape index (κ3) is 3.72. The molecular formula is C15H14Cl2N2. The molecule has 0 fully saturated rings. The van der Waals surface area contributed by atoms with Crippen molar-refractivity contribution in [3.05, 3.63) is 70.8 Å². The van der Waals surface area contributed by atoms with Crippen molar-refractivity contribution in [2.24, 2.45) is 16.9 Å². The van der Waals surface area contributed by atoms with Crippen LogP contribution in [0.3, 0.4) is 0 Å². The molecule has 19 heavy (non-hydrogen) atoms. The van der Waals surface area contributed by atoms with Crippen molar-refractivity contribution in [1.29, 1.82) is 0 Å². The van der Waals surface area contributed by atoms with Crippen LogP contribution in [-0.2, 0) is 6.42 Å². The van der Waals surface area contributed by atoms with Gasteiger partial charge in [0.15, 0.2) is 0 Å². The maximum Gasteiger partial charge on any atom is 0.137 e. The molecule has 0 aliphatic heterocycles. The van der Waals surface area contributed by atoms with Gasteiger partial charge in [0.05, 0.1) is 5.92 Å². The van der Waals surface area contributed by atoms with Crippen molar-refractivity contribution in [2.75, 3.05) is 0 Å². The highest BCUT2D eigenvalue weighted by atomic mass is 35.5. The minimum Gasteiger partial charge on any atom is -0.322 e. The molecule has 1 aromatic carbocycles. The fourth-order valence-electron chi connectivity index (χ4n) is 1.91. The molecule has 1 unspecified atom stereocenters. The Balaban J connectivity index is 2.15. The van der Waals surface area contributed by atoms with Crippen LogP contribution in [0.5, 0.6) is 0 Å². The Kier molecular flexibility index (Phi) is 4.83. The molecule has 2 nitrogen and oxygen atoms in total. The van der Waals surface area contributed by atoms with Gasteiger partial charge < -0.3 is 5.84 Å². The molecule has 0 amide bonds. The lowest BCUT2D eigenvalue weighted by Crippen LogP contribution is -2.12. The number of benzene rings is 1. The zero-order valence-corrected chi connectivity index (χ0v) is 11.8. The molecule has 1 aliphatic carbocycles. The van der Waals surface area contributed by atoms with Gasteiger partial charge in [0.2, 0.25) is 0 Å². The summed E-state index contributed by atoms with van der Waals surface area (Å²) in [5.74, 6) is 5.19. The summed E-state index contributed by atoms with van der Waals surface area (Å²) in [5.41, 5.74) is 2.29. The normalized spacial score (nSPS) is 21.1. The number of allylic oxidation sites excluding steroid dienone is 6. The van der Waals surface area contributed by atoms with Crippen LogP contribution in [0, 0.1) is 5.92 Å². The second kappa shape index (κ2) is 6.60. The first-order valence-corrected chi connectivity index (χ1v) is 6.69. The van der Waals surface area contributed by atoms with E-state index in [0.29, 0.717) is 5.17 Å². The number of hydrogen-bond acceptors (Lipinski definition) is 2. The number of halogens is 2. The van der Waals surface area contributed by atoms with E-state index in [1.54, 1.807) is 0 Å². The molecular weight excluding hydrogens is 279 g/mol. The number of hydrogen-bond donors (Lipinski definition) is 1. The largest absolute Gasteiger partial charge is 0.322 e. The van der Waals surface area contributed by atoms with E-state index < -0.39 is 0 Å². The molecule has 0 bridgehead atoms. The monoisotopic (exact) mass is 292 g/mol. The number of nitrogens with two attached hydrogens (primary N) is 1. The van der Waals surface area contributed by atoms with E-state index in [9.17, 15) is 0 Å². The van der Waals surface area contributed by atoms with E-state index in [1.165, 1.54) is 5.56 Å². The van der Waals surface area contributed by atoms with Gasteiger partial charge in [-0.3, -0.25) is 0 Å². The van der Waals surface area contributed by atoms with Gasteiger partial charge >= 0.3 is 0 Å². The predicted octanol–water partition coefficient (Wildman–Crippen LogP) is 4.06. The lowest BCUT2D eigenvalue weighted by atomic mass is 9.93. The van der Waals surface area contributed by atoms with Gasteiger partial charge in [-0.15, -0.1) is 0 Å². The highest BCUT2D eigenvalue weighted by Crippen LogP contribution is 2.23. The molecule has 0 radical (unpaired) electrons. The Bertz CT molecular complexity index is 554. The van der Waals surface area contributed by atoms with Crippen LogP contribution in [0.4, 0.5) is 0 Å². The summed E-state index contributed by atoms with van der Waals surface area (Å²) >= 11 is 11.9. The zero-order valence-electron chi connectivity index (χ0n) is 10.3. The van der Waals surface area contributed by atoms with Crippen molar-refractivity contribution >= 4 is 28.4 Å². The van der Waals surface area contributed by atoms with Crippen molar-refractivity contribution in [3.63, 3.8) is 0 Å². The zero-order chi connectivity index (χ0) is 13.7. The predicted molar refractivity (Wildman–Crippen MR) is 82.5 cm³/mol. The molecule has 1 aliphatic rings. The lowest BCUT2D eigenvalue weighted by Gasteiger charge is -2.15. The molecule has 2 N–H and O–H groups in total. The summed E-state index contributed by atoms with van der Waals surface area (Å²) in [6.07, 6.45) is 10.9. The third-order valence-electron chi connectivity index (χ3n) is 2.93. The first-order chi connectivity index (χ1) is 9.20. The molecule has 0 saturated heterocycles. The molecule has 1 atom stereocenters. The standard InChI is InChI=1S/C15H14Cl2N2/c16-13-9-6-11(7-10-13)5-8-12-3-1-2-4-14(12)15(17)19-18/h1-4,6-10,14H,5,18H2. The van der Waals surface area contributed by atoms with E-state index in [-0.39, 0.29) is 5.92 Å². The summed E-state index contributed by atoms with van der Waals surface area (Å²) in [5, 5.41) is 4.70. The van der Waals surface area contributed by atoms with Gasteiger partial charge in [0.1, 0.15) is 5.17 Å². The molecule has 0 aromatic heterocycles. The molecule has 1 aromatic rings. The summed E-state index contributed by atoms with van der Waals surface area (Å²) in [7, 11) is 0. The van der Waals surface area contributed by atoms with Crippen LogP contribution in [0.1, 0.15) is 5.56 Å².